The lowest BCUT2D eigenvalue weighted by Crippen LogP contribution is -2.48. The molecule has 0 aromatic heterocycles. The van der Waals surface area contributed by atoms with Crippen molar-refractivity contribution in [1.29, 1.82) is 0 Å². The van der Waals surface area contributed by atoms with Gasteiger partial charge in [-0.3, -0.25) is 9.69 Å². The first-order chi connectivity index (χ1) is 19.2. The number of carboxylic acid groups (broad SMARTS) is 2. The van der Waals surface area contributed by atoms with Crippen LogP contribution in [0, 0.1) is 5.92 Å². The molecule has 1 saturated heterocycles. The number of hydrogen-bond acceptors (Lipinski definition) is 6. The Bertz CT molecular complexity index is 1120. The zero-order valence-corrected chi connectivity index (χ0v) is 23.6. The molecule has 4 rings (SSSR count). The summed E-state index contributed by atoms with van der Waals surface area (Å²) in [4.78, 5) is 37.8. The summed E-state index contributed by atoms with van der Waals surface area (Å²) in [6.07, 6.45) is 7.82. The van der Waals surface area contributed by atoms with Crippen LogP contribution in [0.4, 0.5) is 5.69 Å². The second-order valence-electron chi connectivity index (χ2n) is 10.7. The predicted molar refractivity (Wildman–Crippen MR) is 156 cm³/mol. The third-order valence-corrected chi connectivity index (χ3v) is 8.03. The van der Waals surface area contributed by atoms with Crippen molar-refractivity contribution in [2.45, 2.75) is 50.9 Å². The number of ketones is 1. The molecule has 0 radical (unpaired) electrons. The molecule has 8 heteroatoms. The summed E-state index contributed by atoms with van der Waals surface area (Å²) in [7, 11) is 1.74. The number of carboxylic acids is 2. The molecule has 1 atom stereocenters. The van der Waals surface area contributed by atoms with Crippen LogP contribution >= 0.6 is 0 Å². The second-order valence-corrected chi connectivity index (χ2v) is 10.7. The van der Waals surface area contributed by atoms with Gasteiger partial charge in [0.15, 0.2) is 0 Å². The Balaban J connectivity index is 0.000000482. The molecule has 1 unspecified atom stereocenters. The number of aliphatic carboxylic acids is 2. The summed E-state index contributed by atoms with van der Waals surface area (Å²) >= 11 is 0. The van der Waals surface area contributed by atoms with E-state index in [9.17, 15) is 14.4 Å². The Morgan fingerprint density at radius 2 is 1.45 bits per heavy atom. The topological polar surface area (TPSA) is 107 Å². The Morgan fingerprint density at radius 1 is 0.875 bits per heavy atom. The van der Waals surface area contributed by atoms with Crippen molar-refractivity contribution in [1.82, 2.24) is 4.90 Å². The number of carbonyl (C=O) groups excluding carboxylic acids is 1. The van der Waals surface area contributed by atoms with Crippen LogP contribution in [0.2, 0.25) is 0 Å². The molecular weight excluding hydrogens is 508 g/mol. The summed E-state index contributed by atoms with van der Waals surface area (Å²) < 4.78 is 5.56. The van der Waals surface area contributed by atoms with Crippen molar-refractivity contribution < 1.29 is 29.3 Å². The van der Waals surface area contributed by atoms with Crippen LogP contribution in [0.3, 0.4) is 0 Å². The number of anilines is 1. The van der Waals surface area contributed by atoms with Gasteiger partial charge in [-0.2, -0.15) is 0 Å². The minimum atomic E-state index is -1.26. The highest BCUT2D eigenvalue weighted by atomic mass is 16.5. The maximum atomic E-state index is 13.8. The maximum absolute atomic E-state index is 13.8. The third kappa shape index (κ3) is 8.68. The van der Waals surface area contributed by atoms with Crippen molar-refractivity contribution in [2.24, 2.45) is 5.92 Å². The number of methoxy groups -OCH3 is 1. The quantitative estimate of drug-likeness (QED) is 0.397. The fraction of sp³-hybridized carbons (Fsp3) is 0.469. The zero-order valence-electron chi connectivity index (χ0n) is 23.6. The van der Waals surface area contributed by atoms with Crippen LogP contribution in [0.1, 0.15) is 51.0 Å². The van der Waals surface area contributed by atoms with E-state index >= 15 is 0 Å². The maximum Gasteiger partial charge on any atom is 0.328 e. The van der Waals surface area contributed by atoms with Gasteiger partial charge in [0.2, 0.25) is 0 Å². The molecule has 2 aliphatic rings. The number of ether oxygens (including phenoxy) is 1. The van der Waals surface area contributed by atoms with Gasteiger partial charge in [0, 0.05) is 44.2 Å². The first-order valence-corrected chi connectivity index (χ1v) is 14.1. The van der Waals surface area contributed by atoms with Gasteiger partial charge in [-0.25, -0.2) is 9.59 Å². The van der Waals surface area contributed by atoms with Crippen molar-refractivity contribution in [3.8, 4) is 5.75 Å². The molecule has 1 aliphatic heterocycles. The highest BCUT2D eigenvalue weighted by Crippen LogP contribution is 2.37. The molecule has 2 aromatic carbocycles. The average Bonchev–Trinajstić information content (AvgIpc) is 3.00. The van der Waals surface area contributed by atoms with Gasteiger partial charge < -0.3 is 19.8 Å². The van der Waals surface area contributed by atoms with Crippen molar-refractivity contribution >= 4 is 23.4 Å². The summed E-state index contributed by atoms with van der Waals surface area (Å²) in [6, 6.07) is 18.8. The Labute approximate surface area is 237 Å². The van der Waals surface area contributed by atoms with Crippen LogP contribution < -0.4 is 9.64 Å². The SMILES string of the molecule is COc1ccccc1N1CCN(CCC(C)(C(=O)C2CCCCC2)c2ccccc2)CC1.O=C(O)/C=C\C(=O)O. The number of rotatable bonds is 10. The highest BCUT2D eigenvalue weighted by molar-refractivity contribution is 5.92. The summed E-state index contributed by atoms with van der Waals surface area (Å²) in [5.41, 5.74) is 1.96. The number of benzene rings is 2. The number of para-hydroxylation sites is 2. The van der Waals surface area contributed by atoms with E-state index in [-0.39, 0.29) is 5.92 Å². The Kier molecular flexibility index (Phi) is 11.8. The van der Waals surface area contributed by atoms with Crippen LogP contribution in [-0.4, -0.2) is 72.7 Å². The number of Topliss-reactive ketones (excluding diaryl/α,β-unsaturated/α-hetero) is 1. The van der Waals surface area contributed by atoms with E-state index in [2.05, 4.69) is 53.1 Å². The molecule has 1 saturated carbocycles. The van der Waals surface area contributed by atoms with E-state index in [1.54, 1.807) is 7.11 Å². The van der Waals surface area contributed by atoms with Gasteiger partial charge in [-0.1, -0.05) is 61.7 Å². The minimum absolute atomic E-state index is 0.233. The van der Waals surface area contributed by atoms with Gasteiger partial charge in [-0.05, 0) is 50.4 Å². The molecule has 2 aromatic rings. The van der Waals surface area contributed by atoms with Gasteiger partial charge >= 0.3 is 11.9 Å². The van der Waals surface area contributed by atoms with E-state index in [1.807, 2.05) is 18.2 Å². The highest BCUT2D eigenvalue weighted by Gasteiger charge is 2.39. The van der Waals surface area contributed by atoms with E-state index in [0.29, 0.717) is 17.9 Å². The van der Waals surface area contributed by atoms with Crippen LogP contribution in [-0.2, 0) is 19.8 Å². The molecule has 0 amide bonds. The van der Waals surface area contributed by atoms with E-state index in [4.69, 9.17) is 14.9 Å². The molecule has 216 valence electrons. The molecule has 8 nitrogen and oxygen atoms in total. The number of piperazine rings is 1. The first-order valence-electron chi connectivity index (χ1n) is 14.1. The standard InChI is InChI=1S/C28H38N2O2.C4H4O4/c1-28(24-13-7-4-8-14-24,27(31)23-11-5-3-6-12-23)17-18-29-19-21-30(22-20-29)25-15-9-10-16-26(25)32-2;5-3(6)1-2-4(7)8/h4,7-10,13-16,23H,3,5-6,11-12,17-22H2,1-2H3;1-2H,(H,5,6)(H,7,8)/b;2-1-. The van der Waals surface area contributed by atoms with Crippen molar-refractivity contribution in [2.75, 3.05) is 44.7 Å². The van der Waals surface area contributed by atoms with Crippen molar-refractivity contribution in [3.05, 3.63) is 72.3 Å². The molecule has 1 aliphatic carbocycles. The normalized spacial score (nSPS) is 17.9. The summed E-state index contributed by atoms with van der Waals surface area (Å²) in [5.74, 6) is -0.872. The lowest BCUT2D eigenvalue weighted by Gasteiger charge is -2.39. The molecule has 0 bridgehead atoms. The molecular formula is C32H42N2O6. The molecule has 0 spiro atoms. The Hall–Kier alpha value is -3.65. The van der Waals surface area contributed by atoms with E-state index < -0.39 is 17.4 Å². The van der Waals surface area contributed by atoms with E-state index in [0.717, 1.165) is 57.7 Å². The van der Waals surface area contributed by atoms with Crippen LogP contribution in [0.25, 0.3) is 0 Å². The fourth-order valence-corrected chi connectivity index (χ4v) is 5.66. The monoisotopic (exact) mass is 550 g/mol. The summed E-state index contributed by atoms with van der Waals surface area (Å²) in [6.45, 7) is 7.16. The zero-order chi connectivity index (χ0) is 29.0. The Morgan fingerprint density at radius 3 is 2.02 bits per heavy atom. The molecule has 2 N–H and O–H groups in total. The summed E-state index contributed by atoms with van der Waals surface area (Å²) in [5, 5.41) is 15.6. The average molecular weight is 551 g/mol. The molecule has 1 heterocycles. The van der Waals surface area contributed by atoms with Gasteiger partial charge in [0.1, 0.15) is 11.5 Å². The molecule has 40 heavy (non-hydrogen) atoms. The van der Waals surface area contributed by atoms with Gasteiger partial charge in [-0.15, -0.1) is 0 Å². The van der Waals surface area contributed by atoms with Crippen LogP contribution in [0.5, 0.6) is 5.75 Å². The van der Waals surface area contributed by atoms with Gasteiger partial charge in [0.05, 0.1) is 18.2 Å². The number of hydrogen-bond donors (Lipinski definition) is 2. The smallest absolute Gasteiger partial charge is 0.328 e. The van der Waals surface area contributed by atoms with E-state index in [1.165, 1.54) is 30.5 Å². The predicted octanol–water partition coefficient (Wildman–Crippen LogP) is 5.03. The molecule has 2 fully saturated rings. The largest absolute Gasteiger partial charge is 0.495 e. The van der Waals surface area contributed by atoms with Crippen LogP contribution in [0.15, 0.2) is 66.7 Å². The van der Waals surface area contributed by atoms with Gasteiger partial charge in [0.25, 0.3) is 0 Å². The van der Waals surface area contributed by atoms with Crippen molar-refractivity contribution in [3.63, 3.8) is 0 Å². The number of carbonyl (C=O) groups is 3. The minimum Gasteiger partial charge on any atom is -0.495 e. The second kappa shape index (κ2) is 15.2. The number of nitrogens with zero attached hydrogens (tertiary/aromatic N) is 2. The third-order valence-electron chi connectivity index (χ3n) is 8.03. The lowest BCUT2D eigenvalue weighted by atomic mass is 9.69. The lowest BCUT2D eigenvalue weighted by molar-refractivity contribution is -0.134. The first kappa shape index (κ1) is 30.9. The fourth-order valence-electron chi connectivity index (χ4n) is 5.66.